The van der Waals surface area contributed by atoms with Crippen LogP contribution < -0.4 is 5.73 Å². The Bertz CT molecular complexity index is 1050. The Hall–Kier alpha value is -3.62. The zero-order valence-corrected chi connectivity index (χ0v) is 17.9. The maximum Gasteiger partial charge on any atom is 0.0703 e. The number of fused-ring (bicyclic) bond motifs is 1. The Morgan fingerprint density at radius 1 is 1.27 bits per heavy atom. The quantitative estimate of drug-likeness (QED) is 0.455. The lowest BCUT2D eigenvalue weighted by atomic mass is 10.1. The first-order valence-electron chi connectivity index (χ1n) is 9.65. The molecule has 3 aromatic rings. The molecule has 0 radical (unpaired) electrons. The normalized spacial score (nSPS) is 11.9. The molecule has 0 aliphatic heterocycles. The number of anilines is 1. The molecular weight excluding hydrogens is 370 g/mol. The average molecular weight is 400 g/mol. The summed E-state index contributed by atoms with van der Waals surface area (Å²) in [4.78, 5) is 14.6. The first-order valence-corrected chi connectivity index (χ1v) is 9.65. The molecule has 3 aromatic heterocycles. The number of nitrogen functional groups attached to an aromatic ring is 1. The van der Waals surface area contributed by atoms with Gasteiger partial charge in [-0.1, -0.05) is 18.7 Å². The Morgan fingerprint density at radius 3 is 2.67 bits per heavy atom. The summed E-state index contributed by atoms with van der Waals surface area (Å²) in [5.41, 5.74) is 13.0. The summed E-state index contributed by atoms with van der Waals surface area (Å²) in [5.74, 6) is 0. The molecule has 0 unspecified atom stereocenters. The second-order valence-electron chi connectivity index (χ2n) is 7.07. The molecular formula is C25H29N5. The topological polar surface area (TPSA) is 70.8 Å². The molecule has 30 heavy (non-hydrogen) atoms. The van der Waals surface area contributed by atoms with E-state index < -0.39 is 0 Å². The number of rotatable bonds is 7. The fraction of sp³-hybridized carbons (Fsp3) is 0.200. The van der Waals surface area contributed by atoms with E-state index in [0.717, 1.165) is 45.7 Å². The molecule has 0 saturated heterocycles. The number of allylic oxidation sites excluding steroid dienone is 3. The number of aromatic nitrogens is 3. The van der Waals surface area contributed by atoms with Crippen LogP contribution in [0, 0.1) is 12.8 Å². The number of nitrogens with zero attached hydrogens (tertiary/aromatic N) is 3. The number of nitrogens with one attached hydrogen (secondary N) is 1. The van der Waals surface area contributed by atoms with Gasteiger partial charge in [-0.2, -0.15) is 0 Å². The van der Waals surface area contributed by atoms with Crippen molar-refractivity contribution in [3.8, 4) is 12.8 Å². The summed E-state index contributed by atoms with van der Waals surface area (Å²) in [6.45, 7) is 6.78. The van der Waals surface area contributed by atoms with E-state index in [4.69, 9.17) is 10.7 Å². The highest BCUT2D eigenvalue weighted by molar-refractivity contribution is 5.79. The Balaban J connectivity index is 0.00000155. The van der Waals surface area contributed by atoms with E-state index in [1.807, 2.05) is 51.5 Å². The molecule has 0 fully saturated rings. The van der Waals surface area contributed by atoms with Gasteiger partial charge in [0.1, 0.15) is 0 Å². The average Bonchev–Trinajstić information content (AvgIpc) is 3.16. The van der Waals surface area contributed by atoms with Crippen molar-refractivity contribution >= 4 is 22.2 Å². The number of likely N-dealkylation sites (N-methyl/N-ethyl adjacent to an activating group) is 1. The maximum absolute atomic E-state index is 6.22. The van der Waals surface area contributed by atoms with Crippen LogP contribution in [0.2, 0.25) is 0 Å². The van der Waals surface area contributed by atoms with Crippen molar-refractivity contribution in [3.63, 3.8) is 0 Å². The van der Waals surface area contributed by atoms with Crippen LogP contribution in [0.3, 0.4) is 0 Å². The van der Waals surface area contributed by atoms with Crippen LogP contribution in [0.5, 0.6) is 0 Å². The predicted octanol–water partition coefficient (Wildman–Crippen LogP) is 4.46. The minimum absolute atomic E-state index is 0.640. The van der Waals surface area contributed by atoms with E-state index in [9.17, 15) is 0 Å². The number of pyridine rings is 2. The molecule has 5 heteroatoms. The number of nitrogens with two attached hydrogens (primary N) is 1. The first-order chi connectivity index (χ1) is 14.5. The number of terminal acetylenes is 1. The minimum atomic E-state index is 0.640. The molecule has 3 N–H and O–H groups in total. The highest BCUT2D eigenvalue weighted by Gasteiger charge is 2.09. The number of H-pyrrole nitrogens is 1. The fourth-order valence-electron chi connectivity index (χ4n) is 3.16. The van der Waals surface area contributed by atoms with E-state index in [1.165, 1.54) is 0 Å². The van der Waals surface area contributed by atoms with Gasteiger partial charge in [0, 0.05) is 42.0 Å². The van der Waals surface area contributed by atoms with Crippen LogP contribution in [0.4, 0.5) is 5.69 Å². The molecule has 0 aliphatic carbocycles. The summed E-state index contributed by atoms with van der Waals surface area (Å²) >= 11 is 0. The number of aromatic amines is 1. The third kappa shape index (κ3) is 5.69. The molecule has 0 amide bonds. The summed E-state index contributed by atoms with van der Waals surface area (Å²) in [7, 11) is 4.09. The third-order valence-electron chi connectivity index (χ3n) is 4.55. The largest absolute Gasteiger partial charge is 0.397 e. The highest BCUT2D eigenvalue weighted by atomic mass is 15.0. The van der Waals surface area contributed by atoms with Gasteiger partial charge in [-0.3, -0.25) is 9.97 Å². The molecule has 154 valence electrons. The number of hydrogen-bond donors (Lipinski definition) is 2. The van der Waals surface area contributed by atoms with Gasteiger partial charge < -0.3 is 15.6 Å². The van der Waals surface area contributed by atoms with E-state index in [-0.39, 0.29) is 0 Å². The van der Waals surface area contributed by atoms with Crippen LogP contribution in [-0.2, 0) is 6.42 Å². The van der Waals surface area contributed by atoms with Gasteiger partial charge >= 0.3 is 0 Å². The fourth-order valence-corrected chi connectivity index (χ4v) is 3.16. The zero-order valence-electron chi connectivity index (χ0n) is 17.9. The molecule has 0 saturated carbocycles. The van der Waals surface area contributed by atoms with Crippen LogP contribution in [0.15, 0.2) is 67.0 Å². The van der Waals surface area contributed by atoms with Gasteiger partial charge in [-0.15, -0.1) is 12.8 Å². The van der Waals surface area contributed by atoms with Crippen molar-refractivity contribution in [1.29, 1.82) is 0 Å². The summed E-state index contributed by atoms with van der Waals surface area (Å²) in [6.07, 6.45) is 18.4. The van der Waals surface area contributed by atoms with E-state index in [0.29, 0.717) is 12.1 Å². The molecule has 0 aromatic carbocycles. The van der Waals surface area contributed by atoms with Crippen LogP contribution in [0.1, 0.15) is 24.0 Å². The van der Waals surface area contributed by atoms with Crippen molar-refractivity contribution < 1.29 is 0 Å². The molecule has 0 bridgehead atoms. The lowest BCUT2D eigenvalue weighted by Gasteiger charge is -2.12. The molecule has 0 aliphatic rings. The second kappa shape index (κ2) is 10.8. The molecule has 5 nitrogen and oxygen atoms in total. The Kier molecular flexibility index (Phi) is 8.16. The van der Waals surface area contributed by atoms with Gasteiger partial charge in [-0.25, -0.2) is 0 Å². The van der Waals surface area contributed by atoms with Crippen LogP contribution in [0.25, 0.3) is 16.5 Å². The second-order valence-corrected chi connectivity index (χ2v) is 7.07. The van der Waals surface area contributed by atoms with Gasteiger partial charge in [0.05, 0.1) is 17.1 Å². The third-order valence-corrected chi connectivity index (χ3v) is 4.55. The van der Waals surface area contributed by atoms with E-state index >= 15 is 0 Å². The van der Waals surface area contributed by atoms with Crippen molar-refractivity contribution in [2.45, 2.75) is 13.3 Å². The predicted molar refractivity (Wildman–Crippen MR) is 128 cm³/mol. The van der Waals surface area contributed by atoms with E-state index in [1.54, 1.807) is 6.20 Å². The molecule has 3 rings (SSSR count). The maximum atomic E-state index is 6.22. The monoisotopic (exact) mass is 399 g/mol. The van der Waals surface area contributed by atoms with Gasteiger partial charge in [0.15, 0.2) is 0 Å². The van der Waals surface area contributed by atoms with Gasteiger partial charge in [0.25, 0.3) is 0 Å². The Labute approximate surface area is 179 Å². The Morgan fingerprint density at radius 2 is 2.03 bits per heavy atom. The van der Waals surface area contributed by atoms with Crippen molar-refractivity contribution in [2.75, 3.05) is 26.4 Å². The standard InChI is InChI=1S/C23H27N5.C2H2/c1-5-16(15-28(3)4)11-17(6-2)21-8-7-20(24)23(27-21)13-19-12-18-14-25-10-9-22(18)26-19;1-2/h5-12,14,26H,1,13,15,24H2,2-4H3;1-2H/b16-11+,17-6+;. The van der Waals surface area contributed by atoms with Crippen LogP contribution in [-0.4, -0.2) is 40.5 Å². The molecule has 0 spiro atoms. The summed E-state index contributed by atoms with van der Waals surface area (Å²) in [6, 6.07) is 7.96. The highest BCUT2D eigenvalue weighted by Crippen LogP contribution is 2.23. The van der Waals surface area contributed by atoms with Crippen molar-refractivity contribution in [3.05, 3.63) is 84.1 Å². The SMILES string of the molecule is C#C.C=C/C(=C\C(=C/C)c1ccc(N)c(Cc2cc3cnccc3[nH]2)n1)CN(C)C. The molecule has 3 heterocycles. The van der Waals surface area contributed by atoms with Gasteiger partial charge in [-0.05, 0) is 62.5 Å². The first kappa shape index (κ1) is 22.7. The van der Waals surface area contributed by atoms with Crippen LogP contribution >= 0.6 is 0 Å². The number of hydrogen-bond acceptors (Lipinski definition) is 4. The minimum Gasteiger partial charge on any atom is -0.397 e. The van der Waals surface area contributed by atoms with Crippen molar-refractivity contribution in [2.24, 2.45) is 0 Å². The lowest BCUT2D eigenvalue weighted by Crippen LogP contribution is -2.14. The lowest BCUT2D eigenvalue weighted by molar-refractivity contribution is 0.449. The smallest absolute Gasteiger partial charge is 0.0703 e. The summed E-state index contributed by atoms with van der Waals surface area (Å²) < 4.78 is 0. The van der Waals surface area contributed by atoms with E-state index in [2.05, 4.69) is 52.5 Å². The molecule has 0 atom stereocenters. The zero-order chi connectivity index (χ0) is 22.1. The summed E-state index contributed by atoms with van der Waals surface area (Å²) in [5, 5.41) is 1.09. The van der Waals surface area contributed by atoms with Gasteiger partial charge in [0.2, 0.25) is 0 Å². The van der Waals surface area contributed by atoms with Crippen molar-refractivity contribution in [1.82, 2.24) is 19.9 Å².